The molecule has 1 aliphatic carbocycles. The zero-order chi connectivity index (χ0) is 14.5. The molecule has 2 aromatic rings. The lowest BCUT2D eigenvalue weighted by atomic mass is 9.92. The second-order valence-electron chi connectivity index (χ2n) is 6.11. The van der Waals surface area contributed by atoms with Crippen molar-refractivity contribution in [3.05, 3.63) is 65.7 Å². The van der Waals surface area contributed by atoms with Gasteiger partial charge in [0.2, 0.25) is 0 Å². The molecule has 0 heterocycles. The van der Waals surface area contributed by atoms with Gasteiger partial charge in [0.15, 0.2) is 0 Å². The third-order valence-electron chi connectivity index (χ3n) is 4.10. The molecule has 2 aromatic carbocycles. The number of hydrogen-bond acceptors (Lipinski definition) is 2. The average molecular weight is 281 g/mol. The molecule has 2 nitrogen and oxygen atoms in total. The Kier molecular flexibility index (Phi) is 4.56. The van der Waals surface area contributed by atoms with Crippen LogP contribution in [-0.4, -0.2) is 17.7 Å². The van der Waals surface area contributed by atoms with Gasteiger partial charge in [-0.3, -0.25) is 0 Å². The highest BCUT2D eigenvalue weighted by Crippen LogP contribution is 2.21. The van der Waals surface area contributed by atoms with Crippen molar-refractivity contribution < 1.29 is 5.11 Å². The summed E-state index contributed by atoms with van der Waals surface area (Å²) >= 11 is 0. The molecule has 0 amide bonds. The molecule has 0 aromatic heterocycles. The highest BCUT2D eigenvalue weighted by atomic mass is 16.3. The molecule has 2 N–H and O–H groups in total. The molecule has 1 unspecified atom stereocenters. The molecule has 0 radical (unpaired) electrons. The van der Waals surface area contributed by atoms with Gasteiger partial charge in [0.25, 0.3) is 0 Å². The van der Waals surface area contributed by atoms with E-state index in [0.29, 0.717) is 11.7 Å². The predicted molar refractivity (Wildman–Crippen MR) is 86.5 cm³/mol. The summed E-state index contributed by atoms with van der Waals surface area (Å²) in [6.45, 7) is 1.07. The molecule has 1 saturated carbocycles. The summed E-state index contributed by atoms with van der Waals surface area (Å²) in [6, 6.07) is 19.1. The lowest BCUT2D eigenvalue weighted by molar-refractivity contribution is 0.465. The van der Waals surface area contributed by atoms with Crippen molar-refractivity contribution in [2.45, 2.75) is 31.7 Å². The van der Waals surface area contributed by atoms with Crippen LogP contribution in [0.25, 0.3) is 0 Å². The van der Waals surface area contributed by atoms with E-state index < -0.39 is 0 Å². The SMILES string of the molecule is Oc1ccc(CC(CNC2CC2)Cc2ccccc2)cc1. The highest BCUT2D eigenvalue weighted by Gasteiger charge is 2.22. The Balaban J connectivity index is 1.64. The van der Waals surface area contributed by atoms with Gasteiger partial charge in [0, 0.05) is 6.04 Å². The van der Waals surface area contributed by atoms with Crippen LogP contribution in [0.5, 0.6) is 5.75 Å². The second-order valence-corrected chi connectivity index (χ2v) is 6.11. The van der Waals surface area contributed by atoms with Crippen molar-refractivity contribution in [1.29, 1.82) is 0 Å². The number of phenols is 1. The Morgan fingerprint density at radius 1 is 0.905 bits per heavy atom. The normalized spacial score (nSPS) is 15.8. The minimum absolute atomic E-state index is 0.342. The molecule has 2 heteroatoms. The zero-order valence-corrected chi connectivity index (χ0v) is 12.3. The quantitative estimate of drug-likeness (QED) is 0.813. The Labute approximate surface area is 126 Å². The van der Waals surface area contributed by atoms with E-state index >= 15 is 0 Å². The van der Waals surface area contributed by atoms with Gasteiger partial charge >= 0.3 is 0 Å². The largest absolute Gasteiger partial charge is 0.508 e. The van der Waals surface area contributed by atoms with Crippen LogP contribution in [0.15, 0.2) is 54.6 Å². The number of hydrogen-bond donors (Lipinski definition) is 2. The fourth-order valence-electron chi connectivity index (χ4n) is 2.75. The number of nitrogens with one attached hydrogen (secondary N) is 1. The number of phenolic OH excluding ortho intramolecular Hbond substituents is 1. The first-order chi connectivity index (χ1) is 10.3. The minimum Gasteiger partial charge on any atom is -0.508 e. The Morgan fingerprint density at radius 3 is 2.14 bits per heavy atom. The van der Waals surface area contributed by atoms with Gasteiger partial charge in [0.1, 0.15) is 5.75 Å². The zero-order valence-electron chi connectivity index (χ0n) is 12.3. The van der Waals surface area contributed by atoms with E-state index in [1.807, 2.05) is 12.1 Å². The standard InChI is InChI=1S/C19H23NO/c21-19-10-6-16(7-11-19)13-17(14-20-18-8-9-18)12-15-4-2-1-3-5-15/h1-7,10-11,17-18,20-21H,8-9,12-14H2. The maximum atomic E-state index is 9.40. The van der Waals surface area contributed by atoms with Crippen LogP contribution in [0.1, 0.15) is 24.0 Å². The summed E-state index contributed by atoms with van der Waals surface area (Å²) in [5, 5.41) is 13.1. The van der Waals surface area contributed by atoms with Crippen LogP contribution < -0.4 is 5.32 Å². The molecule has 1 atom stereocenters. The Morgan fingerprint density at radius 2 is 1.52 bits per heavy atom. The molecule has 21 heavy (non-hydrogen) atoms. The van der Waals surface area contributed by atoms with Crippen LogP contribution in [0, 0.1) is 5.92 Å². The van der Waals surface area contributed by atoms with Crippen molar-refractivity contribution in [1.82, 2.24) is 5.32 Å². The van der Waals surface area contributed by atoms with Crippen molar-refractivity contribution in [3.8, 4) is 5.75 Å². The third-order valence-corrected chi connectivity index (χ3v) is 4.10. The van der Waals surface area contributed by atoms with Crippen LogP contribution in [-0.2, 0) is 12.8 Å². The first-order valence-corrected chi connectivity index (χ1v) is 7.85. The van der Waals surface area contributed by atoms with E-state index in [1.54, 1.807) is 12.1 Å². The van der Waals surface area contributed by atoms with Gasteiger partial charge in [-0.2, -0.15) is 0 Å². The van der Waals surface area contributed by atoms with Gasteiger partial charge in [-0.1, -0.05) is 42.5 Å². The first kappa shape index (κ1) is 14.2. The Hall–Kier alpha value is -1.80. The van der Waals surface area contributed by atoms with Gasteiger partial charge in [-0.05, 0) is 61.4 Å². The third kappa shape index (κ3) is 4.61. The minimum atomic E-state index is 0.342. The Bertz CT molecular complexity index is 546. The summed E-state index contributed by atoms with van der Waals surface area (Å²) in [6.07, 6.45) is 4.81. The van der Waals surface area contributed by atoms with Crippen LogP contribution in [0.2, 0.25) is 0 Å². The van der Waals surface area contributed by atoms with Crippen LogP contribution in [0.4, 0.5) is 0 Å². The molecule has 0 saturated heterocycles. The molecule has 0 spiro atoms. The van der Waals surface area contributed by atoms with E-state index in [9.17, 15) is 5.11 Å². The molecule has 0 aliphatic heterocycles. The summed E-state index contributed by atoms with van der Waals surface area (Å²) in [5.41, 5.74) is 2.70. The van der Waals surface area contributed by atoms with E-state index in [-0.39, 0.29) is 0 Å². The first-order valence-electron chi connectivity index (χ1n) is 7.85. The van der Waals surface area contributed by atoms with Crippen molar-refractivity contribution in [2.24, 2.45) is 5.92 Å². The van der Waals surface area contributed by atoms with Gasteiger partial charge in [-0.25, -0.2) is 0 Å². The molecule has 1 fully saturated rings. The monoisotopic (exact) mass is 281 g/mol. The second kappa shape index (κ2) is 6.77. The molecular weight excluding hydrogens is 258 g/mol. The van der Waals surface area contributed by atoms with Gasteiger partial charge < -0.3 is 10.4 Å². The average Bonchev–Trinajstić information content (AvgIpc) is 3.32. The lowest BCUT2D eigenvalue weighted by Gasteiger charge is -2.18. The number of aromatic hydroxyl groups is 1. The maximum Gasteiger partial charge on any atom is 0.115 e. The molecule has 1 aliphatic rings. The lowest BCUT2D eigenvalue weighted by Crippen LogP contribution is -2.27. The topological polar surface area (TPSA) is 32.3 Å². The summed E-state index contributed by atoms with van der Waals surface area (Å²) in [7, 11) is 0. The van der Waals surface area contributed by atoms with Gasteiger partial charge in [-0.15, -0.1) is 0 Å². The van der Waals surface area contributed by atoms with E-state index in [4.69, 9.17) is 0 Å². The predicted octanol–water partition coefficient (Wildman–Crippen LogP) is 3.55. The molecule has 0 bridgehead atoms. The summed E-state index contributed by atoms with van der Waals surface area (Å²) in [5.74, 6) is 0.937. The highest BCUT2D eigenvalue weighted by molar-refractivity contribution is 5.26. The van der Waals surface area contributed by atoms with Crippen LogP contribution in [0.3, 0.4) is 0 Å². The van der Waals surface area contributed by atoms with E-state index in [0.717, 1.165) is 25.4 Å². The van der Waals surface area contributed by atoms with E-state index in [1.165, 1.54) is 24.0 Å². The number of rotatable bonds is 7. The molecule has 3 rings (SSSR count). The van der Waals surface area contributed by atoms with Crippen molar-refractivity contribution >= 4 is 0 Å². The number of benzene rings is 2. The van der Waals surface area contributed by atoms with E-state index in [2.05, 4.69) is 35.6 Å². The van der Waals surface area contributed by atoms with Crippen LogP contribution >= 0.6 is 0 Å². The summed E-state index contributed by atoms with van der Waals surface area (Å²) in [4.78, 5) is 0. The van der Waals surface area contributed by atoms with Crippen molar-refractivity contribution in [3.63, 3.8) is 0 Å². The maximum absolute atomic E-state index is 9.40. The smallest absolute Gasteiger partial charge is 0.115 e. The summed E-state index contributed by atoms with van der Waals surface area (Å²) < 4.78 is 0. The molecular formula is C19H23NO. The molecule has 110 valence electrons. The fourth-order valence-corrected chi connectivity index (χ4v) is 2.75. The fraction of sp³-hybridized carbons (Fsp3) is 0.368. The van der Waals surface area contributed by atoms with Gasteiger partial charge in [0.05, 0.1) is 0 Å². The van der Waals surface area contributed by atoms with Crippen molar-refractivity contribution in [2.75, 3.05) is 6.54 Å².